The van der Waals surface area contributed by atoms with E-state index >= 15 is 0 Å². The zero-order valence-corrected chi connectivity index (χ0v) is 23.3. The van der Waals surface area contributed by atoms with Gasteiger partial charge in [0.25, 0.3) is 0 Å². The Labute approximate surface area is 249 Å². The van der Waals surface area contributed by atoms with Crippen LogP contribution >= 0.6 is 0 Å². The third-order valence-electron chi connectivity index (χ3n) is 7.93. The van der Waals surface area contributed by atoms with Crippen LogP contribution in [0.3, 0.4) is 0 Å². The van der Waals surface area contributed by atoms with Gasteiger partial charge in [0.15, 0.2) is 0 Å². The maximum absolute atomic E-state index is 5.14. The summed E-state index contributed by atoms with van der Waals surface area (Å²) in [5.74, 6) is 0. The van der Waals surface area contributed by atoms with Gasteiger partial charge in [-0.05, 0) is 76.9 Å². The number of benzene rings is 4. The minimum absolute atomic E-state index is 0.838. The molecule has 8 aromatic rings. The minimum atomic E-state index is 0.838. The van der Waals surface area contributed by atoms with Gasteiger partial charge in [-0.1, -0.05) is 84.9 Å². The Bertz CT molecular complexity index is 2180. The normalized spacial score (nSPS) is 11.3. The van der Waals surface area contributed by atoms with Gasteiger partial charge < -0.3 is 4.57 Å². The summed E-state index contributed by atoms with van der Waals surface area (Å²) in [5, 5.41) is 2.40. The zero-order chi connectivity index (χ0) is 28.6. The van der Waals surface area contributed by atoms with Gasteiger partial charge in [0, 0.05) is 34.4 Å². The molecule has 4 nitrogen and oxygen atoms in total. The highest BCUT2D eigenvalue weighted by atomic mass is 15.0. The summed E-state index contributed by atoms with van der Waals surface area (Å²) in [6, 6.07) is 48.6. The molecule has 0 aliphatic carbocycles. The predicted octanol–water partition coefficient (Wildman–Crippen LogP) is 9.64. The highest BCUT2D eigenvalue weighted by molar-refractivity contribution is 6.09. The van der Waals surface area contributed by atoms with Gasteiger partial charge >= 0.3 is 0 Å². The van der Waals surface area contributed by atoms with Gasteiger partial charge in [-0.25, -0.2) is 4.98 Å². The Morgan fingerprint density at radius 3 is 2.02 bits per heavy atom. The first-order valence-corrected chi connectivity index (χ1v) is 14.4. The van der Waals surface area contributed by atoms with Crippen molar-refractivity contribution in [3.8, 4) is 50.6 Å². The van der Waals surface area contributed by atoms with E-state index in [9.17, 15) is 0 Å². The topological polar surface area (TPSA) is 43.6 Å². The highest BCUT2D eigenvalue weighted by Gasteiger charge is 2.14. The summed E-state index contributed by atoms with van der Waals surface area (Å²) in [6.07, 6.45) is 5.62. The Morgan fingerprint density at radius 1 is 0.419 bits per heavy atom. The molecule has 0 unspecified atom stereocenters. The molecule has 0 aliphatic rings. The molecule has 4 aromatic carbocycles. The van der Waals surface area contributed by atoms with E-state index < -0.39 is 0 Å². The SMILES string of the molecule is c1ccc(-c2cccc(-c3cc(-c4cccc(-n5c6ccccc6c6ccncc65)c4)nc(-c4ccccn4)c3)c2)cc1. The molecule has 0 spiro atoms. The Hall–Kier alpha value is -5.87. The quantitative estimate of drug-likeness (QED) is 0.214. The molecule has 0 saturated carbocycles. The summed E-state index contributed by atoms with van der Waals surface area (Å²) in [4.78, 5) is 14.2. The molecule has 0 amide bonds. The first kappa shape index (κ1) is 24.9. The van der Waals surface area contributed by atoms with E-state index in [4.69, 9.17) is 4.98 Å². The summed E-state index contributed by atoms with van der Waals surface area (Å²) in [7, 11) is 0. The fourth-order valence-electron chi connectivity index (χ4n) is 5.90. The molecule has 43 heavy (non-hydrogen) atoms. The number of fused-ring (bicyclic) bond motifs is 3. The minimum Gasteiger partial charge on any atom is -0.308 e. The summed E-state index contributed by atoms with van der Waals surface area (Å²) >= 11 is 0. The predicted molar refractivity (Wildman–Crippen MR) is 176 cm³/mol. The molecule has 0 atom stereocenters. The first-order chi connectivity index (χ1) is 21.3. The van der Waals surface area contributed by atoms with Gasteiger partial charge in [-0.3, -0.25) is 9.97 Å². The van der Waals surface area contributed by atoms with Gasteiger partial charge in [-0.15, -0.1) is 0 Å². The van der Waals surface area contributed by atoms with Crippen LogP contribution in [0.4, 0.5) is 0 Å². The molecule has 0 radical (unpaired) electrons. The van der Waals surface area contributed by atoms with Crippen LogP contribution < -0.4 is 0 Å². The van der Waals surface area contributed by atoms with E-state index in [1.54, 1.807) is 0 Å². The Balaban J connectivity index is 1.30. The van der Waals surface area contributed by atoms with E-state index in [2.05, 4.69) is 130 Å². The van der Waals surface area contributed by atoms with Crippen molar-refractivity contribution in [3.63, 3.8) is 0 Å². The number of nitrogens with zero attached hydrogens (tertiary/aromatic N) is 4. The maximum Gasteiger partial charge on any atom is 0.0899 e. The fraction of sp³-hybridized carbons (Fsp3) is 0. The molecular weight excluding hydrogens is 524 g/mol. The second kappa shape index (κ2) is 10.5. The number of rotatable bonds is 5. The number of hydrogen-bond donors (Lipinski definition) is 0. The number of aromatic nitrogens is 4. The molecule has 4 heteroatoms. The van der Waals surface area contributed by atoms with E-state index in [0.717, 1.165) is 50.5 Å². The standard InChI is InChI=1S/C39H26N4/c1-2-10-27(11-3-1)28-12-8-13-29(22-28)31-24-36(42-37(25-31)35-17-6-7-20-41-35)30-14-9-15-32(23-30)43-38-18-5-4-16-33(38)34-19-21-40-26-39(34)43/h1-26H. The molecule has 0 bridgehead atoms. The van der Waals surface area contributed by atoms with Gasteiger partial charge in [-0.2, -0.15) is 0 Å². The summed E-state index contributed by atoms with van der Waals surface area (Å²) in [6.45, 7) is 0. The van der Waals surface area contributed by atoms with Crippen molar-refractivity contribution < 1.29 is 0 Å². The van der Waals surface area contributed by atoms with Crippen LogP contribution in [0.2, 0.25) is 0 Å². The lowest BCUT2D eigenvalue weighted by Crippen LogP contribution is -1.96. The Kier molecular flexibility index (Phi) is 6.08. The smallest absolute Gasteiger partial charge is 0.0899 e. The average molecular weight is 551 g/mol. The molecule has 0 saturated heterocycles. The van der Waals surface area contributed by atoms with Crippen molar-refractivity contribution >= 4 is 21.8 Å². The van der Waals surface area contributed by atoms with Gasteiger partial charge in [0.2, 0.25) is 0 Å². The number of pyridine rings is 3. The van der Waals surface area contributed by atoms with Crippen LogP contribution in [0.5, 0.6) is 0 Å². The lowest BCUT2D eigenvalue weighted by molar-refractivity contribution is 1.16. The molecule has 4 aromatic heterocycles. The van der Waals surface area contributed by atoms with Crippen LogP contribution in [0.15, 0.2) is 158 Å². The van der Waals surface area contributed by atoms with Crippen molar-refractivity contribution in [2.45, 2.75) is 0 Å². The van der Waals surface area contributed by atoms with Crippen molar-refractivity contribution in [3.05, 3.63) is 158 Å². The largest absolute Gasteiger partial charge is 0.308 e. The fourth-order valence-corrected chi connectivity index (χ4v) is 5.90. The van der Waals surface area contributed by atoms with Crippen LogP contribution in [0.25, 0.3) is 72.4 Å². The average Bonchev–Trinajstić information content (AvgIpc) is 3.43. The second-order valence-corrected chi connectivity index (χ2v) is 10.6. The van der Waals surface area contributed by atoms with Crippen LogP contribution in [0, 0.1) is 0 Å². The molecule has 0 N–H and O–H groups in total. The third kappa shape index (κ3) is 4.55. The van der Waals surface area contributed by atoms with Crippen molar-refractivity contribution in [2.75, 3.05) is 0 Å². The molecule has 8 rings (SSSR count). The molecular formula is C39H26N4. The first-order valence-electron chi connectivity index (χ1n) is 14.4. The van der Waals surface area contributed by atoms with Crippen LogP contribution in [-0.2, 0) is 0 Å². The molecule has 0 fully saturated rings. The van der Waals surface area contributed by atoms with Gasteiger partial charge in [0.1, 0.15) is 0 Å². The number of para-hydroxylation sites is 1. The second-order valence-electron chi connectivity index (χ2n) is 10.6. The van der Waals surface area contributed by atoms with Crippen LogP contribution in [0.1, 0.15) is 0 Å². The van der Waals surface area contributed by atoms with E-state index in [-0.39, 0.29) is 0 Å². The lowest BCUT2D eigenvalue weighted by Gasteiger charge is -2.13. The van der Waals surface area contributed by atoms with E-state index in [1.807, 2.05) is 42.9 Å². The van der Waals surface area contributed by atoms with E-state index in [0.29, 0.717) is 0 Å². The van der Waals surface area contributed by atoms with Crippen LogP contribution in [-0.4, -0.2) is 19.5 Å². The monoisotopic (exact) mass is 550 g/mol. The van der Waals surface area contributed by atoms with Gasteiger partial charge in [0.05, 0.1) is 34.3 Å². The third-order valence-corrected chi connectivity index (χ3v) is 7.93. The highest BCUT2D eigenvalue weighted by Crippen LogP contribution is 2.35. The summed E-state index contributed by atoms with van der Waals surface area (Å²) in [5.41, 5.74) is 11.5. The zero-order valence-electron chi connectivity index (χ0n) is 23.3. The molecule has 4 heterocycles. The van der Waals surface area contributed by atoms with Crippen molar-refractivity contribution in [1.29, 1.82) is 0 Å². The van der Waals surface area contributed by atoms with Crippen molar-refractivity contribution in [1.82, 2.24) is 19.5 Å². The van der Waals surface area contributed by atoms with E-state index in [1.165, 1.54) is 21.9 Å². The lowest BCUT2D eigenvalue weighted by atomic mass is 9.97. The Morgan fingerprint density at radius 2 is 1.14 bits per heavy atom. The summed E-state index contributed by atoms with van der Waals surface area (Å²) < 4.78 is 2.29. The maximum atomic E-state index is 5.14. The molecule has 202 valence electrons. The van der Waals surface area contributed by atoms with Crippen molar-refractivity contribution in [2.24, 2.45) is 0 Å². The number of hydrogen-bond acceptors (Lipinski definition) is 3. The molecule has 0 aliphatic heterocycles.